The quantitative estimate of drug-likeness (QED) is 0.902. The SMILES string of the molecule is Cc1cccc(C(=O)N2CCC(C(=O)O)C(C)C2)c1C. The molecule has 1 N–H and O–H groups in total. The molecule has 108 valence electrons. The van der Waals surface area contributed by atoms with Crippen molar-refractivity contribution in [3.05, 3.63) is 34.9 Å². The zero-order chi connectivity index (χ0) is 14.9. The van der Waals surface area contributed by atoms with Gasteiger partial charge in [0.2, 0.25) is 0 Å². The molecule has 0 aliphatic carbocycles. The Hall–Kier alpha value is -1.84. The first-order chi connectivity index (χ1) is 9.41. The number of rotatable bonds is 2. The second-order valence-electron chi connectivity index (χ2n) is 5.71. The van der Waals surface area contributed by atoms with Crippen molar-refractivity contribution in [3.63, 3.8) is 0 Å². The molecule has 1 heterocycles. The number of carbonyl (C=O) groups is 2. The molecule has 4 nitrogen and oxygen atoms in total. The number of carboxylic acid groups (broad SMARTS) is 1. The lowest BCUT2D eigenvalue weighted by Crippen LogP contribution is -2.45. The van der Waals surface area contributed by atoms with Crippen molar-refractivity contribution in [2.45, 2.75) is 27.2 Å². The maximum atomic E-state index is 12.6. The first-order valence-corrected chi connectivity index (χ1v) is 7.00. The monoisotopic (exact) mass is 275 g/mol. The highest BCUT2D eigenvalue weighted by Gasteiger charge is 2.33. The highest BCUT2D eigenvalue weighted by molar-refractivity contribution is 5.96. The van der Waals surface area contributed by atoms with E-state index in [4.69, 9.17) is 5.11 Å². The molecule has 1 saturated heterocycles. The van der Waals surface area contributed by atoms with Gasteiger partial charge in [0, 0.05) is 18.7 Å². The van der Waals surface area contributed by atoms with Crippen molar-refractivity contribution >= 4 is 11.9 Å². The van der Waals surface area contributed by atoms with E-state index in [1.165, 1.54) is 0 Å². The summed E-state index contributed by atoms with van der Waals surface area (Å²) >= 11 is 0. The molecule has 2 rings (SSSR count). The molecule has 1 aromatic rings. The zero-order valence-electron chi connectivity index (χ0n) is 12.2. The van der Waals surface area contributed by atoms with Gasteiger partial charge in [0.1, 0.15) is 0 Å². The summed E-state index contributed by atoms with van der Waals surface area (Å²) in [6, 6.07) is 5.73. The summed E-state index contributed by atoms with van der Waals surface area (Å²) in [5.41, 5.74) is 2.83. The van der Waals surface area contributed by atoms with E-state index in [1.807, 2.05) is 39.0 Å². The third kappa shape index (κ3) is 2.69. The first-order valence-electron chi connectivity index (χ1n) is 7.00. The van der Waals surface area contributed by atoms with Crippen LogP contribution in [0.3, 0.4) is 0 Å². The second-order valence-corrected chi connectivity index (χ2v) is 5.71. The first kappa shape index (κ1) is 14.6. The van der Waals surface area contributed by atoms with Gasteiger partial charge in [-0.05, 0) is 43.4 Å². The molecule has 0 saturated carbocycles. The molecular weight excluding hydrogens is 254 g/mol. The molecular formula is C16H21NO3. The van der Waals surface area contributed by atoms with Crippen LogP contribution < -0.4 is 0 Å². The predicted octanol–water partition coefficient (Wildman–Crippen LogP) is 2.49. The molecule has 1 aliphatic heterocycles. The number of nitrogens with zero attached hydrogens (tertiary/aromatic N) is 1. The average molecular weight is 275 g/mol. The van der Waals surface area contributed by atoms with E-state index >= 15 is 0 Å². The molecule has 1 aliphatic rings. The van der Waals surface area contributed by atoms with Crippen molar-refractivity contribution in [1.29, 1.82) is 0 Å². The van der Waals surface area contributed by atoms with Crippen LogP contribution in [-0.2, 0) is 4.79 Å². The van der Waals surface area contributed by atoms with E-state index in [0.29, 0.717) is 19.5 Å². The number of likely N-dealkylation sites (tertiary alicyclic amines) is 1. The minimum absolute atomic E-state index is 0.00434. The Morgan fingerprint density at radius 2 is 2.00 bits per heavy atom. The standard InChI is InChI=1S/C16H21NO3/c1-10-5-4-6-14(12(10)3)15(18)17-8-7-13(16(19)20)11(2)9-17/h4-6,11,13H,7-9H2,1-3H3,(H,19,20). The van der Waals surface area contributed by atoms with Gasteiger partial charge in [0.05, 0.1) is 5.92 Å². The molecule has 1 amide bonds. The summed E-state index contributed by atoms with van der Waals surface area (Å²) in [5.74, 6) is -1.08. The van der Waals surface area contributed by atoms with Crippen molar-refractivity contribution < 1.29 is 14.7 Å². The Labute approximate surface area is 119 Å². The normalized spacial score (nSPS) is 22.6. The number of aliphatic carboxylic acids is 1. The number of hydrogen-bond acceptors (Lipinski definition) is 2. The maximum Gasteiger partial charge on any atom is 0.306 e. The molecule has 0 bridgehead atoms. The summed E-state index contributed by atoms with van der Waals surface area (Å²) in [6.45, 7) is 6.89. The van der Waals surface area contributed by atoms with Gasteiger partial charge >= 0.3 is 5.97 Å². The van der Waals surface area contributed by atoms with Crippen molar-refractivity contribution in [3.8, 4) is 0 Å². The largest absolute Gasteiger partial charge is 0.481 e. The van der Waals surface area contributed by atoms with Crippen LogP contribution >= 0.6 is 0 Å². The van der Waals surface area contributed by atoms with Gasteiger partial charge in [0.15, 0.2) is 0 Å². The molecule has 0 aromatic heterocycles. The van der Waals surface area contributed by atoms with E-state index < -0.39 is 5.97 Å². The van der Waals surface area contributed by atoms with Crippen LogP contribution in [0.1, 0.15) is 34.8 Å². The van der Waals surface area contributed by atoms with Gasteiger partial charge < -0.3 is 10.0 Å². The topological polar surface area (TPSA) is 57.6 Å². The van der Waals surface area contributed by atoms with E-state index in [9.17, 15) is 9.59 Å². The second kappa shape index (κ2) is 5.65. The fourth-order valence-electron chi connectivity index (χ4n) is 2.85. The smallest absolute Gasteiger partial charge is 0.306 e. The number of piperidine rings is 1. The van der Waals surface area contributed by atoms with E-state index in [2.05, 4.69) is 0 Å². The van der Waals surface area contributed by atoms with E-state index in [0.717, 1.165) is 16.7 Å². The van der Waals surface area contributed by atoms with Gasteiger partial charge in [-0.1, -0.05) is 19.1 Å². The predicted molar refractivity (Wildman–Crippen MR) is 76.7 cm³/mol. The summed E-state index contributed by atoms with van der Waals surface area (Å²) < 4.78 is 0. The Morgan fingerprint density at radius 3 is 2.60 bits per heavy atom. The average Bonchev–Trinajstić information content (AvgIpc) is 2.40. The highest BCUT2D eigenvalue weighted by atomic mass is 16.4. The van der Waals surface area contributed by atoms with Crippen LogP contribution in [0.5, 0.6) is 0 Å². The third-order valence-electron chi connectivity index (χ3n) is 4.34. The van der Waals surface area contributed by atoms with Gasteiger partial charge in [-0.25, -0.2) is 0 Å². The summed E-state index contributed by atoms with van der Waals surface area (Å²) in [6.07, 6.45) is 0.535. The minimum atomic E-state index is -0.753. The van der Waals surface area contributed by atoms with Crippen molar-refractivity contribution in [2.75, 3.05) is 13.1 Å². The molecule has 4 heteroatoms. The summed E-state index contributed by atoms with van der Waals surface area (Å²) in [7, 11) is 0. The fraction of sp³-hybridized carbons (Fsp3) is 0.500. The van der Waals surface area contributed by atoms with Crippen LogP contribution in [0.4, 0.5) is 0 Å². The molecule has 20 heavy (non-hydrogen) atoms. The van der Waals surface area contributed by atoms with Gasteiger partial charge in [-0.2, -0.15) is 0 Å². The van der Waals surface area contributed by atoms with Crippen LogP contribution in [0.2, 0.25) is 0 Å². The zero-order valence-corrected chi connectivity index (χ0v) is 12.2. The molecule has 2 unspecified atom stereocenters. The van der Waals surface area contributed by atoms with Crippen LogP contribution in [0.25, 0.3) is 0 Å². The number of hydrogen-bond donors (Lipinski definition) is 1. The number of carboxylic acids is 1. The van der Waals surface area contributed by atoms with E-state index in [-0.39, 0.29) is 17.7 Å². The molecule has 1 aromatic carbocycles. The van der Waals surface area contributed by atoms with Crippen LogP contribution in [-0.4, -0.2) is 35.0 Å². The van der Waals surface area contributed by atoms with Crippen molar-refractivity contribution in [2.24, 2.45) is 11.8 Å². The summed E-state index contributed by atoms with van der Waals surface area (Å²) in [5, 5.41) is 9.13. The highest BCUT2D eigenvalue weighted by Crippen LogP contribution is 2.25. The number of aryl methyl sites for hydroxylation is 1. The van der Waals surface area contributed by atoms with Crippen LogP contribution in [0, 0.1) is 25.7 Å². The molecule has 2 atom stereocenters. The lowest BCUT2D eigenvalue weighted by Gasteiger charge is -2.35. The summed E-state index contributed by atoms with van der Waals surface area (Å²) in [4.78, 5) is 25.5. The lowest BCUT2D eigenvalue weighted by atomic mass is 9.86. The minimum Gasteiger partial charge on any atom is -0.481 e. The lowest BCUT2D eigenvalue weighted by molar-refractivity contribution is -0.145. The number of carbonyl (C=O) groups excluding carboxylic acids is 1. The number of benzene rings is 1. The van der Waals surface area contributed by atoms with Crippen LogP contribution in [0.15, 0.2) is 18.2 Å². The Morgan fingerprint density at radius 1 is 1.30 bits per heavy atom. The van der Waals surface area contributed by atoms with Gasteiger partial charge in [-0.15, -0.1) is 0 Å². The molecule has 1 fully saturated rings. The molecule has 0 spiro atoms. The Balaban J connectivity index is 2.15. The Bertz CT molecular complexity index is 539. The van der Waals surface area contributed by atoms with E-state index in [1.54, 1.807) is 4.90 Å². The number of amides is 1. The Kier molecular flexibility index (Phi) is 4.12. The van der Waals surface area contributed by atoms with Crippen molar-refractivity contribution in [1.82, 2.24) is 4.90 Å². The maximum absolute atomic E-state index is 12.6. The van der Waals surface area contributed by atoms with Gasteiger partial charge in [0.25, 0.3) is 5.91 Å². The third-order valence-corrected chi connectivity index (χ3v) is 4.34. The van der Waals surface area contributed by atoms with Gasteiger partial charge in [-0.3, -0.25) is 9.59 Å². The molecule has 0 radical (unpaired) electrons. The fourth-order valence-corrected chi connectivity index (χ4v) is 2.85.